The van der Waals surface area contributed by atoms with Gasteiger partial charge in [-0.25, -0.2) is 0 Å². The van der Waals surface area contributed by atoms with Gasteiger partial charge in [-0.2, -0.15) is 11.8 Å². The van der Waals surface area contributed by atoms with E-state index in [0.717, 1.165) is 22.2 Å². The van der Waals surface area contributed by atoms with Crippen LogP contribution in [0.4, 0.5) is 0 Å². The molecule has 0 aromatic heterocycles. The summed E-state index contributed by atoms with van der Waals surface area (Å²) in [5, 5.41) is 4.98. The van der Waals surface area contributed by atoms with Gasteiger partial charge in [0, 0.05) is 22.6 Å². The Morgan fingerprint density at radius 3 is 2.82 bits per heavy atom. The van der Waals surface area contributed by atoms with Crippen molar-refractivity contribution in [1.82, 2.24) is 5.32 Å². The molecule has 0 aliphatic rings. The molecule has 0 saturated heterocycles. The number of rotatable bonds is 7. The average molecular weight is 292 g/mol. The lowest BCUT2D eigenvalue weighted by Crippen LogP contribution is -2.26. The monoisotopic (exact) mass is 291 g/mol. The molecule has 0 amide bonds. The van der Waals surface area contributed by atoms with Crippen LogP contribution in [0.1, 0.15) is 25.8 Å². The first-order valence-electron chi connectivity index (χ1n) is 5.88. The highest BCUT2D eigenvalue weighted by Crippen LogP contribution is 2.20. The Hall–Kier alpha value is 0.110. The van der Waals surface area contributed by atoms with Crippen molar-refractivity contribution in [2.24, 2.45) is 0 Å². The first-order chi connectivity index (χ1) is 8.13. The van der Waals surface area contributed by atoms with Gasteiger partial charge in [0.15, 0.2) is 0 Å². The molecule has 1 unspecified atom stereocenters. The molecule has 0 radical (unpaired) electrons. The Balaban J connectivity index is 2.36. The highest BCUT2D eigenvalue weighted by atomic mass is 35.5. The molecule has 0 aliphatic carbocycles. The number of nitrogens with one attached hydrogen (secondary N) is 1. The van der Waals surface area contributed by atoms with E-state index in [1.807, 2.05) is 30.0 Å². The maximum atomic E-state index is 6.10. The molecule has 0 spiro atoms. The van der Waals surface area contributed by atoms with Crippen molar-refractivity contribution in [3.05, 3.63) is 33.8 Å². The fourth-order valence-electron chi connectivity index (χ4n) is 1.47. The van der Waals surface area contributed by atoms with Crippen molar-refractivity contribution >= 4 is 35.0 Å². The molecule has 96 valence electrons. The van der Waals surface area contributed by atoms with Gasteiger partial charge in [-0.1, -0.05) is 30.1 Å². The molecule has 17 heavy (non-hydrogen) atoms. The predicted octanol–water partition coefficient (Wildman–Crippen LogP) is 4.61. The summed E-state index contributed by atoms with van der Waals surface area (Å²) in [6, 6.07) is 6.08. The van der Waals surface area contributed by atoms with Crippen LogP contribution in [0.5, 0.6) is 0 Å². The zero-order chi connectivity index (χ0) is 12.7. The molecular formula is C13H19Cl2NS. The van der Waals surface area contributed by atoms with Crippen molar-refractivity contribution in [2.45, 2.75) is 32.9 Å². The third-order valence-electron chi connectivity index (χ3n) is 2.55. The number of thioether (sulfide) groups is 1. The molecule has 1 atom stereocenters. The Bertz CT molecular complexity index is 344. The van der Waals surface area contributed by atoms with Gasteiger partial charge in [-0.15, -0.1) is 0 Å². The third-order valence-corrected chi connectivity index (χ3v) is 4.08. The van der Waals surface area contributed by atoms with Gasteiger partial charge in [0.25, 0.3) is 0 Å². The smallest absolute Gasteiger partial charge is 0.0451 e. The van der Waals surface area contributed by atoms with E-state index >= 15 is 0 Å². The number of benzene rings is 1. The molecule has 1 aromatic rings. The highest BCUT2D eigenvalue weighted by Gasteiger charge is 2.04. The molecule has 0 bridgehead atoms. The fourth-order valence-corrected chi connectivity index (χ4v) is 2.66. The molecule has 1 nitrogen and oxygen atoms in total. The van der Waals surface area contributed by atoms with Gasteiger partial charge in [0.2, 0.25) is 0 Å². The lowest BCUT2D eigenvalue weighted by Gasteiger charge is -2.14. The second-order valence-corrected chi connectivity index (χ2v) is 6.24. The zero-order valence-corrected chi connectivity index (χ0v) is 12.6. The topological polar surface area (TPSA) is 12.0 Å². The van der Waals surface area contributed by atoms with E-state index in [-0.39, 0.29) is 0 Å². The summed E-state index contributed by atoms with van der Waals surface area (Å²) in [6.45, 7) is 5.17. The number of halogens is 2. The summed E-state index contributed by atoms with van der Waals surface area (Å²) in [5.74, 6) is 2.39. The standard InChI is InChI=1S/C13H19Cl2NS/c1-3-17-7-6-10(2)16-9-11-8-12(14)4-5-13(11)15/h4-5,8,10,16H,3,6-7,9H2,1-2H3. The zero-order valence-electron chi connectivity index (χ0n) is 10.3. The second-order valence-electron chi connectivity index (χ2n) is 4.00. The van der Waals surface area contributed by atoms with Crippen LogP contribution in [0, 0.1) is 0 Å². The highest BCUT2D eigenvalue weighted by molar-refractivity contribution is 7.99. The molecule has 1 aromatic carbocycles. The van der Waals surface area contributed by atoms with Crippen LogP contribution in [0.3, 0.4) is 0 Å². The van der Waals surface area contributed by atoms with Gasteiger partial charge in [-0.05, 0) is 48.6 Å². The lowest BCUT2D eigenvalue weighted by molar-refractivity contribution is 0.537. The molecule has 1 N–H and O–H groups in total. The minimum absolute atomic E-state index is 0.504. The van der Waals surface area contributed by atoms with Crippen molar-refractivity contribution in [1.29, 1.82) is 0 Å². The molecular weight excluding hydrogens is 273 g/mol. The average Bonchev–Trinajstić information content (AvgIpc) is 2.31. The largest absolute Gasteiger partial charge is 0.310 e. The molecule has 0 aliphatic heterocycles. The Morgan fingerprint density at radius 1 is 1.35 bits per heavy atom. The summed E-state index contributed by atoms with van der Waals surface area (Å²) in [7, 11) is 0. The Labute approximate surface area is 118 Å². The summed E-state index contributed by atoms with van der Waals surface area (Å²) < 4.78 is 0. The normalized spacial score (nSPS) is 12.7. The van der Waals surface area contributed by atoms with Gasteiger partial charge >= 0.3 is 0 Å². The van der Waals surface area contributed by atoms with Crippen molar-refractivity contribution in [3.63, 3.8) is 0 Å². The van der Waals surface area contributed by atoms with Gasteiger partial charge < -0.3 is 5.32 Å². The van der Waals surface area contributed by atoms with Crippen LogP contribution in [0.2, 0.25) is 10.0 Å². The number of hydrogen-bond donors (Lipinski definition) is 1. The fraction of sp³-hybridized carbons (Fsp3) is 0.538. The van der Waals surface area contributed by atoms with Gasteiger partial charge in [-0.3, -0.25) is 0 Å². The maximum absolute atomic E-state index is 6.10. The molecule has 0 fully saturated rings. The molecule has 1 rings (SSSR count). The first kappa shape index (κ1) is 15.2. The summed E-state index contributed by atoms with van der Waals surface area (Å²) in [5.41, 5.74) is 1.06. The van der Waals surface area contributed by atoms with Crippen LogP contribution in [0.15, 0.2) is 18.2 Å². The maximum Gasteiger partial charge on any atom is 0.0451 e. The minimum Gasteiger partial charge on any atom is -0.310 e. The SMILES string of the molecule is CCSCCC(C)NCc1cc(Cl)ccc1Cl. The molecule has 0 saturated carbocycles. The van der Waals surface area contributed by atoms with Crippen molar-refractivity contribution in [2.75, 3.05) is 11.5 Å². The summed E-state index contributed by atoms with van der Waals surface area (Å²) >= 11 is 14.0. The van der Waals surface area contributed by atoms with Gasteiger partial charge in [0.1, 0.15) is 0 Å². The summed E-state index contributed by atoms with van der Waals surface area (Å²) in [4.78, 5) is 0. The van der Waals surface area contributed by atoms with E-state index in [4.69, 9.17) is 23.2 Å². The van der Waals surface area contributed by atoms with E-state index in [1.54, 1.807) is 0 Å². The van der Waals surface area contributed by atoms with Crippen LogP contribution in [-0.4, -0.2) is 17.5 Å². The van der Waals surface area contributed by atoms with Gasteiger partial charge in [0.05, 0.1) is 0 Å². The predicted molar refractivity (Wildman–Crippen MR) is 80.4 cm³/mol. The number of hydrogen-bond acceptors (Lipinski definition) is 2. The Morgan fingerprint density at radius 2 is 2.12 bits per heavy atom. The van der Waals surface area contributed by atoms with E-state index in [1.165, 1.54) is 17.9 Å². The quantitative estimate of drug-likeness (QED) is 0.736. The van der Waals surface area contributed by atoms with Crippen LogP contribution in [-0.2, 0) is 6.54 Å². The van der Waals surface area contributed by atoms with Crippen molar-refractivity contribution in [3.8, 4) is 0 Å². The molecule has 0 heterocycles. The van der Waals surface area contributed by atoms with E-state index < -0.39 is 0 Å². The van der Waals surface area contributed by atoms with Crippen LogP contribution >= 0.6 is 35.0 Å². The van der Waals surface area contributed by atoms with E-state index in [9.17, 15) is 0 Å². The second kappa shape index (κ2) is 8.25. The first-order valence-corrected chi connectivity index (χ1v) is 7.79. The van der Waals surface area contributed by atoms with E-state index in [2.05, 4.69) is 19.2 Å². The van der Waals surface area contributed by atoms with Crippen LogP contribution in [0.25, 0.3) is 0 Å². The summed E-state index contributed by atoms with van der Waals surface area (Å²) in [6.07, 6.45) is 1.18. The third kappa shape index (κ3) is 6.01. The minimum atomic E-state index is 0.504. The molecule has 4 heteroatoms. The van der Waals surface area contributed by atoms with E-state index in [0.29, 0.717) is 6.04 Å². The Kier molecular flexibility index (Phi) is 7.36. The van der Waals surface area contributed by atoms with Crippen LogP contribution < -0.4 is 5.32 Å². The lowest BCUT2D eigenvalue weighted by atomic mass is 10.2. The van der Waals surface area contributed by atoms with Crippen molar-refractivity contribution < 1.29 is 0 Å².